The molecule has 48 heavy (non-hydrogen) atoms. The van der Waals surface area contributed by atoms with Crippen LogP contribution in [0.15, 0.2) is 12.2 Å². The molecule has 0 aliphatic heterocycles. The first-order valence-electron chi connectivity index (χ1n) is 22.7. The Hall–Kier alpha value is -0.340. The van der Waals surface area contributed by atoms with E-state index >= 15 is 0 Å². The molecule has 0 bridgehead atoms. The molecule has 2 nitrogen and oxygen atoms in total. The Labute approximate surface area is 306 Å². The van der Waals surface area contributed by atoms with Gasteiger partial charge in [-0.25, -0.2) is 0 Å². The van der Waals surface area contributed by atoms with Crippen LogP contribution in [-0.4, -0.2) is 38.1 Å². The van der Waals surface area contributed by atoms with Crippen LogP contribution in [0.1, 0.15) is 245 Å². The third-order valence-electron chi connectivity index (χ3n) is 11.0. The molecule has 0 spiro atoms. The molecule has 0 aromatic rings. The molecule has 0 unspecified atom stereocenters. The van der Waals surface area contributed by atoms with Crippen molar-refractivity contribution in [2.24, 2.45) is 5.92 Å². The van der Waals surface area contributed by atoms with E-state index < -0.39 is 0 Å². The molecule has 2 heteroatoms. The zero-order chi connectivity index (χ0) is 35.0. The van der Waals surface area contributed by atoms with E-state index in [4.69, 9.17) is 0 Å². The van der Waals surface area contributed by atoms with Crippen molar-refractivity contribution in [2.45, 2.75) is 245 Å². The predicted molar refractivity (Wildman–Crippen MR) is 222 cm³/mol. The van der Waals surface area contributed by atoms with Crippen LogP contribution in [0.3, 0.4) is 0 Å². The van der Waals surface area contributed by atoms with E-state index in [0.29, 0.717) is 0 Å². The fourth-order valence-electron chi connectivity index (χ4n) is 7.66. The second-order valence-corrected chi connectivity index (χ2v) is 16.0. The zero-order valence-corrected chi connectivity index (χ0v) is 34.3. The van der Waals surface area contributed by atoms with Gasteiger partial charge in [-0.2, -0.15) is 0 Å². The zero-order valence-electron chi connectivity index (χ0n) is 34.3. The van der Waals surface area contributed by atoms with Gasteiger partial charge in [0.15, 0.2) is 0 Å². The average molecular weight is 675 g/mol. The second kappa shape index (κ2) is 41.1. The highest BCUT2D eigenvalue weighted by atomic mass is 15.1. The average Bonchev–Trinajstić information content (AvgIpc) is 3.09. The summed E-state index contributed by atoms with van der Waals surface area (Å²) in [5.74, 6) is 0.901. The van der Waals surface area contributed by atoms with E-state index in [1.165, 1.54) is 244 Å². The normalized spacial score (nSPS) is 11.8. The molecule has 0 aliphatic carbocycles. The summed E-state index contributed by atoms with van der Waals surface area (Å²) in [6.45, 7) is 16.5. The van der Waals surface area contributed by atoms with E-state index in [0.717, 1.165) is 12.5 Å². The number of nitrogens with zero attached hydrogens (tertiary/aromatic N) is 1. The number of rotatable bonds is 42. The van der Waals surface area contributed by atoms with Crippen LogP contribution in [0.4, 0.5) is 0 Å². The van der Waals surface area contributed by atoms with Gasteiger partial charge < -0.3 is 10.2 Å². The van der Waals surface area contributed by atoms with Crippen molar-refractivity contribution in [3.8, 4) is 0 Å². The van der Waals surface area contributed by atoms with Crippen LogP contribution < -0.4 is 5.32 Å². The van der Waals surface area contributed by atoms with Gasteiger partial charge in [0.2, 0.25) is 0 Å². The van der Waals surface area contributed by atoms with Gasteiger partial charge >= 0.3 is 0 Å². The number of hydrogen-bond acceptors (Lipinski definition) is 2. The fraction of sp³-hybridized carbons (Fsp3) is 0.957. The Morgan fingerprint density at radius 3 is 1.15 bits per heavy atom. The molecule has 0 aromatic heterocycles. The first kappa shape index (κ1) is 47.7. The van der Waals surface area contributed by atoms with Crippen molar-refractivity contribution in [3.63, 3.8) is 0 Å². The van der Waals surface area contributed by atoms with Gasteiger partial charge in [0.25, 0.3) is 0 Å². The number of allylic oxidation sites excluding steroid dienone is 1. The highest BCUT2D eigenvalue weighted by molar-refractivity contribution is 4.95. The summed E-state index contributed by atoms with van der Waals surface area (Å²) in [5.41, 5.74) is 1.56. The van der Waals surface area contributed by atoms with E-state index in [1.54, 1.807) is 5.57 Å². The van der Waals surface area contributed by atoms with Crippen molar-refractivity contribution in [2.75, 3.05) is 33.2 Å². The van der Waals surface area contributed by atoms with Crippen LogP contribution in [0, 0.1) is 5.92 Å². The lowest BCUT2D eigenvalue weighted by Crippen LogP contribution is -2.32. The Bertz CT molecular complexity index is 585. The van der Waals surface area contributed by atoms with Crippen molar-refractivity contribution >= 4 is 0 Å². The molecule has 0 saturated carbocycles. The maximum atomic E-state index is 4.58. The van der Waals surface area contributed by atoms with Gasteiger partial charge in [-0.1, -0.05) is 226 Å². The molecule has 0 saturated heterocycles. The lowest BCUT2D eigenvalue weighted by Gasteiger charge is -2.22. The van der Waals surface area contributed by atoms with Gasteiger partial charge in [0.05, 0.1) is 0 Å². The third-order valence-corrected chi connectivity index (χ3v) is 11.0. The molecule has 0 radical (unpaired) electrons. The Morgan fingerprint density at radius 1 is 0.438 bits per heavy atom. The molecule has 0 rings (SSSR count). The molecule has 0 aliphatic rings. The van der Waals surface area contributed by atoms with E-state index in [9.17, 15) is 0 Å². The monoisotopic (exact) mass is 675 g/mol. The molecule has 0 atom stereocenters. The lowest BCUT2D eigenvalue weighted by molar-refractivity contribution is 0.262. The topological polar surface area (TPSA) is 15.3 Å². The third kappa shape index (κ3) is 36.9. The Balaban J connectivity index is 3.99. The molecular weight excluding hydrogens is 581 g/mol. The van der Waals surface area contributed by atoms with Crippen molar-refractivity contribution < 1.29 is 0 Å². The summed E-state index contributed by atoms with van der Waals surface area (Å²) in [6.07, 6.45) is 49.8. The number of likely N-dealkylation sites (N-methyl/N-ethyl adjacent to an activating group) is 1. The quantitative estimate of drug-likeness (QED) is 0.0512. The lowest BCUT2D eigenvalue weighted by atomic mass is 9.87. The van der Waals surface area contributed by atoms with Crippen LogP contribution in [-0.2, 0) is 0 Å². The van der Waals surface area contributed by atoms with Crippen LogP contribution in [0.25, 0.3) is 0 Å². The summed E-state index contributed by atoms with van der Waals surface area (Å²) in [6, 6.07) is 0. The largest absolute Gasteiger partial charge is 0.318 e. The maximum Gasteiger partial charge on any atom is 0.0107 e. The van der Waals surface area contributed by atoms with Crippen LogP contribution >= 0.6 is 0 Å². The number of nitrogens with one attached hydrogen (secondary N) is 1. The minimum absolute atomic E-state index is 0.901. The first-order valence-corrected chi connectivity index (χ1v) is 22.7. The minimum atomic E-state index is 0.901. The summed E-state index contributed by atoms with van der Waals surface area (Å²) < 4.78 is 0. The number of hydrogen-bond donors (Lipinski definition) is 1. The standard InChI is InChI=1S/C46H94N2/c1-6-9-12-15-18-19-20-21-22-23-24-25-30-35-41-48(43-40-47-5)42-36-31-26-27-32-37-45(4)44-46(38-33-28-16-13-10-7-2)39-34-29-17-14-11-8-3/h46-47H,4,6-44H2,1-3,5H3. The summed E-state index contributed by atoms with van der Waals surface area (Å²) in [4.78, 5) is 2.74. The van der Waals surface area contributed by atoms with E-state index in [-0.39, 0.29) is 0 Å². The second-order valence-electron chi connectivity index (χ2n) is 16.0. The van der Waals surface area contributed by atoms with Crippen LogP contribution in [0.2, 0.25) is 0 Å². The van der Waals surface area contributed by atoms with Gasteiger partial charge in [-0.05, 0) is 58.2 Å². The minimum Gasteiger partial charge on any atom is -0.318 e. The van der Waals surface area contributed by atoms with E-state index in [1.807, 2.05) is 0 Å². The van der Waals surface area contributed by atoms with Crippen LogP contribution in [0.5, 0.6) is 0 Å². The molecular formula is C46H94N2. The molecule has 1 N–H and O–H groups in total. The fourth-order valence-corrected chi connectivity index (χ4v) is 7.66. The molecule has 288 valence electrons. The summed E-state index contributed by atoms with van der Waals surface area (Å²) >= 11 is 0. The van der Waals surface area contributed by atoms with E-state index in [2.05, 4.69) is 44.6 Å². The van der Waals surface area contributed by atoms with Crippen molar-refractivity contribution in [1.29, 1.82) is 0 Å². The highest BCUT2D eigenvalue weighted by Crippen LogP contribution is 2.27. The molecule has 0 aromatic carbocycles. The van der Waals surface area contributed by atoms with Crippen molar-refractivity contribution in [3.05, 3.63) is 12.2 Å². The summed E-state index contributed by atoms with van der Waals surface area (Å²) in [5, 5.41) is 3.38. The van der Waals surface area contributed by atoms with Gasteiger partial charge in [-0.3, -0.25) is 0 Å². The summed E-state index contributed by atoms with van der Waals surface area (Å²) in [7, 11) is 2.10. The maximum absolute atomic E-state index is 4.58. The Kier molecular flexibility index (Phi) is 40.8. The van der Waals surface area contributed by atoms with Gasteiger partial charge in [0, 0.05) is 13.1 Å². The van der Waals surface area contributed by atoms with Gasteiger partial charge in [0.1, 0.15) is 0 Å². The Morgan fingerprint density at radius 2 is 0.771 bits per heavy atom. The molecule has 0 heterocycles. The number of unbranched alkanes of at least 4 members (excludes halogenated alkanes) is 27. The smallest absolute Gasteiger partial charge is 0.0107 e. The predicted octanol–water partition coefficient (Wildman–Crippen LogP) is 15.4. The highest BCUT2D eigenvalue weighted by Gasteiger charge is 2.11. The SMILES string of the molecule is C=C(CCCCCCCN(CCCCCCCCCCCCCCCC)CCNC)CC(CCCCCCCC)CCCCCCCC. The van der Waals surface area contributed by atoms with Crippen molar-refractivity contribution in [1.82, 2.24) is 10.2 Å². The van der Waals surface area contributed by atoms with Gasteiger partial charge in [-0.15, -0.1) is 0 Å². The molecule has 0 amide bonds. The molecule has 0 fully saturated rings. The first-order chi connectivity index (χ1) is 23.7.